The van der Waals surface area contributed by atoms with E-state index >= 15 is 0 Å². The molecule has 26 heavy (non-hydrogen) atoms. The monoisotopic (exact) mass is 396 g/mol. The highest BCUT2D eigenvalue weighted by Crippen LogP contribution is 2.28. The molecule has 0 spiro atoms. The maximum Gasteiger partial charge on any atom is 0.243 e. The van der Waals surface area contributed by atoms with Crippen molar-refractivity contribution in [3.63, 3.8) is 0 Å². The van der Waals surface area contributed by atoms with Crippen LogP contribution in [0.4, 0.5) is 10.1 Å². The number of benzene rings is 2. The molecule has 0 radical (unpaired) electrons. The van der Waals surface area contributed by atoms with Gasteiger partial charge in [0.05, 0.1) is 4.90 Å². The molecule has 0 bridgehead atoms. The van der Waals surface area contributed by atoms with Crippen molar-refractivity contribution in [1.29, 1.82) is 0 Å². The second-order valence-electron chi connectivity index (χ2n) is 6.18. The van der Waals surface area contributed by atoms with E-state index < -0.39 is 27.8 Å². The quantitative estimate of drug-likeness (QED) is 0.858. The second-order valence-corrected chi connectivity index (χ2v) is 8.51. The number of nitrogens with zero attached hydrogens (tertiary/aromatic N) is 1. The van der Waals surface area contributed by atoms with Gasteiger partial charge in [0.1, 0.15) is 11.9 Å². The van der Waals surface area contributed by atoms with E-state index in [1.54, 1.807) is 24.3 Å². The number of halogens is 2. The van der Waals surface area contributed by atoms with Gasteiger partial charge in [0.15, 0.2) is 0 Å². The van der Waals surface area contributed by atoms with Gasteiger partial charge in [-0.2, -0.15) is 4.31 Å². The molecular formula is C18H18ClFN2O3S. The molecule has 8 heteroatoms. The van der Waals surface area contributed by atoms with Gasteiger partial charge in [-0.15, -0.1) is 0 Å². The average Bonchev–Trinajstić information content (AvgIpc) is 3.10. The minimum Gasteiger partial charge on any atom is -0.325 e. The van der Waals surface area contributed by atoms with Crippen LogP contribution in [0.3, 0.4) is 0 Å². The first-order valence-electron chi connectivity index (χ1n) is 8.13. The highest BCUT2D eigenvalue weighted by molar-refractivity contribution is 7.89. The zero-order valence-electron chi connectivity index (χ0n) is 14.1. The molecule has 0 aromatic heterocycles. The molecule has 3 rings (SSSR count). The van der Waals surface area contributed by atoms with E-state index in [1.165, 1.54) is 23.4 Å². The number of carbonyl (C=O) groups excluding carboxylic acids is 1. The van der Waals surface area contributed by atoms with Gasteiger partial charge in [0.25, 0.3) is 0 Å². The number of hydrogen-bond donors (Lipinski definition) is 1. The topological polar surface area (TPSA) is 66.5 Å². The van der Waals surface area contributed by atoms with E-state index in [0.29, 0.717) is 23.6 Å². The molecule has 2 aromatic rings. The first kappa shape index (κ1) is 18.8. The number of sulfonamides is 1. The number of hydrogen-bond acceptors (Lipinski definition) is 3. The van der Waals surface area contributed by atoms with Crippen molar-refractivity contribution in [3.05, 3.63) is 58.9 Å². The summed E-state index contributed by atoms with van der Waals surface area (Å²) in [7, 11) is -3.89. The van der Waals surface area contributed by atoms with Crippen molar-refractivity contribution in [1.82, 2.24) is 4.31 Å². The van der Waals surface area contributed by atoms with Crippen LogP contribution >= 0.6 is 11.6 Å². The van der Waals surface area contributed by atoms with E-state index in [-0.39, 0.29) is 17.0 Å². The summed E-state index contributed by atoms with van der Waals surface area (Å²) in [5.74, 6) is -0.866. The molecule has 1 heterocycles. The highest BCUT2D eigenvalue weighted by atomic mass is 35.5. The van der Waals surface area contributed by atoms with Crippen LogP contribution in [-0.4, -0.2) is 31.2 Å². The Bertz CT molecular complexity index is 932. The van der Waals surface area contributed by atoms with Crippen LogP contribution in [-0.2, 0) is 14.8 Å². The number of rotatable bonds is 4. The van der Waals surface area contributed by atoms with Crippen molar-refractivity contribution >= 4 is 33.2 Å². The summed E-state index contributed by atoms with van der Waals surface area (Å²) in [6.45, 7) is 1.75. The minimum absolute atomic E-state index is 0.0115. The minimum atomic E-state index is -3.89. The van der Waals surface area contributed by atoms with Gasteiger partial charge in [0, 0.05) is 17.3 Å². The lowest BCUT2D eigenvalue weighted by Gasteiger charge is -2.23. The Balaban J connectivity index is 1.83. The standard InChI is InChI=1S/C18H18ClFN2O3S/c1-12-11-15(8-9-16(12)20)26(24,25)22-10-2-3-17(22)18(23)21-14-6-4-13(19)5-7-14/h4-9,11,17H,2-3,10H2,1H3,(H,21,23)/t17-/m0/s1. The molecule has 0 unspecified atom stereocenters. The summed E-state index contributed by atoms with van der Waals surface area (Å²) >= 11 is 5.82. The highest BCUT2D eigenvalue weighted by Gasteiger charge is 2.39. The van der Waals surface area contributed by atoms with E-state index in [1.807, 2.05) is 0 Å². The number of carbonyl (C=O) groups is 1. The molecule has 1 amide bonds. The summed E-state index contributed by atoms with van der Waals surface area (Å²) in [4.78, 5) is 12.6. The third kappa shape index (κ3) is 3.75. The Morgan fingerprint density at radius 1 is 1.23 bits per heavy atom. The van der Waals surface area contributed by atoms with E-state index in [0.717, 1.165) is 6.07 Å². The number of anilines is 1. The molecule has 1 atom stereocenters. The predicted octanol–water partition coefficient (Wildman–Crippen LogP) is 3.58. The maximum atomic E-state index is 13.5. The summed E-state index contributed by atoms with van der Waals surface area (Å²) in [5, 5.41) is 3.26. The van der Waals surface area contributed by atoms with Crippen molar-refractivity contribution in [2.75, 3.05) is 11.9 Å². The van der Waals surface area contributed by atoms with E-state index in [2.05, 4.69) is 5.32 Å². The Hall–Kier alpha value is -1.96. The summed E-state index contributed by atoms with van der Waals surface area (Å²) in [6, 6.07) is 9.42. The van der Waals surface area contributed by atoms with E-state index in [9.17, 15) is 17.6 Å². The molecular weight excluding hydrogens is 379 g/mol. The van der Waals surface area contributed by atoms with Crippen LogP contribution in [0, 0.1) is 12.7 Å². The predicted molar refractivity (Wildman–Crippen MR) is 98.1 cm³/mol. The van der Waals surface area contributed by atoms with Crippen molar-refractivity contribution in [2.45, 2.75) is 30.7 Å². The van der Waals surface area contributed by atoms with E-state index in [4.69, 9.17) is 11.6 Å². The molecule has 1 saturated heterocycles. The maximum absolute atomic E-state index is 13.5. The third-order valence-electron chi connectivity index (χ3n) is 4.35. The summed E-state index contributed by atoms with van der Waals surface area (Å²) in [5.41, 5.74) is 0.786. The van der Waals surface area contributed by atoms with Gasteiger partial charge < -0.3 is 5.32 Å². The van der Waals surface area contributed by atoms with Crippen LogP contribution in [0.5, 0.6) is 0 Å². The fourth-order valence-corrected chi connectivity index (χ4v) is 4.83. The molecule has 1 aliphatic rings. The fraction of sp³-hybridized carbons (Fsp3) is 0.278. The van der Waals surface area contributed by atoms with Crippen LogP contribution in [0.25, 0.3) is 0 Å². The fourth-order valence-electron chi connectivity index (χ4n) is 2.96. The lowest BCUT2D eigenvalue weighted by Crippen LogP contribution is -2.43. The number of nitrogens with one attached hydrogen (secondary N) is 1. The van der Waals surface area contributed by atoms with Crippen LogP contribution < -0.4 is 5.32 Å². The molecule has 0 saturated carbocycles. The van der Waals surface area contributed by atoms with Gasteiger partial charge in [0.2, 0.25) is 15.9 Å². The lowest BCUT2D eigenvalue weighted by atomic mass is 10.2. The molecule has 138 valence electrons. The zero-order chi connectivity index (χ0) is 18.9. The number of aryl methyl sites for hydroxylation is 1. The van der Waals surface area contributed by atoms with Crippen LogP contribution in [0.1, 0.15) is 18.4 Å². The molecule has 1 N–H and O–H groups in total. The summed E-state index contributed by atoms with van der Waals surface area (Å²) in [6.07, 6.45) is 1.01. The largest absolute Gasteiger partial charge is 0.325 e. The van der Waals surface area contributed by atoms with Gasteiger partial charge >= 0.3 is 0 Å². The zero-order valence-corrected chi connectivity index (χ0v) is 15.6. The molecule has 0 aliphatic carbocycles. The first-order valence-corrected chi connectivity index (χ1v) is 9.95. The van der Waals surface area contributed by atoms with Crippen LogP contribution in [0.15, 0.2) is 47.4 Å². The second kappa shape index (κ2) is 7.34. The van der Waals surface area contributed by atoms with Crippen molar-refractivity contribution in [3.8, 4) is 0 Å². The van der Waals surface area contributed by atoms with Crippen LogP contribution in [0.2, 0.25) is 5.02 Å². The van der Waals surface area contributed by atoms with Gasteiger partial charge in [-0.25, -0.2) is 12.8 Å². The summed E-state index contributed by atoms with van der Waals surface area (Å²) < 4.78 is 40.5. The smallest absolute Gasteiger partial charge is 0.243 e. The Kier molecular flexibility index (Phi) is 5.32. The average molecular weight is 397 g/mol. The molecule has 5 nitrogen and oxygen atoms in total. The SMILES string of the molecule is Cc1cc(S(=O)(=O)N2CCC[C@H]2C(=O)Nc2ccc(Cl)cc2)ccc1F. The van der Waals surface area contributed by atoms with Gasteiger partial charge in [-0.3, -0.25) is 4.79 Å². The number of amides is 1. The molecule has 1 fully saturated rings. The Labute approximate surface area is 156 Å². The third-order valence-corrected chi connectivity index (χ3v) is 6.51. The normalized spacial score (nSPS) is 18.0. The molecule has 1 aliphatic heterocycles. The van der Waals surface area contributed by atoms with Gasteiger partial charge in [-0.1, -0.05) is 11.6 Å². The first-order chi connectivity index (χ1) is 12.3. The van der Waals surface area contributed by atoms with Gasteiger partial charge in [-0.05, 0) is 67.8 Å². The van der Waals surface area contributed by atoms with Crippen molar-refractivity contribution in [2.24, 2.45) is 0 Å². The van der Waals surface area contributed by atoms with Crippen molar-refractivity contribution < 1.29 is 17.6 Å². The molecule has 2 aromatic carbocycles. The Morgan fingerprint density at radius 2 is 1.92 bits per heavy atom. The Morgan fingerprint density at radius 3 is 2.58 bits per heavy atom. The lowest BCUT2D eigenvalue weighted by molar-refractivity contribution is -0.119.